The van der Waals surface area contributed by atoms with Crippen molar-refractivity contribution in [2.45, 2.75) is 25.2 Å². The fourth-order valence-electron chi connectivity index (χ4n) is 2.71. The van der Waals surface area contributed by atoms with Gasteiger partial charge in [-0.3, -0.25) is 4.79 Å². The maximum atomic E-state index is 12.3. The van der Waals surface area contributed by atoms with Gasteiger partial charge >= 0.3 is 0 Å². The van der Waals surface area contributed by atoms with E-state index < -0.39 is 0 Å². The molecule has 0 aliphatic heterocycles. The Balaban J connectivity index is 1.65. The second-order valence-electron chi connectivity index (χ2n) is 6.33. The van der Waals surface area contributed by atoms with Crippen molar-refractivity contribution < 1.29 is 14.6 Å². The van der Waals surface area contributed by atoms with Gasteiger partial charge in [0.05, 0.1) is 31.4 Å². The Morgan fingerprint density at radius 1 is 1.25 bits per heavy atom. The number of hydrogen-bond donors (Lipinski definition) is 2. The first kappa shape index (κ1) is 20.0. The van der Waals surface area contributed by atoms with E-state index in [-0.39, 0.29) is 18.3 Å². The number of aliphatic hydroxyl groups excluding tert-OH is 1. The molecule has 28 heavy (non-hydrogen) atoms. The molecule has 2 N–H and O–H groups in total. The van der Waals surface area contributed by atoms with E-state index in [0.717, 1.165) is 11.3 Å². The zero-order chi connectivity index (χ0) is 19.9. The predicted octanol–water partition coefficient (Wildman–Crippen LogP) is 3.47. The quantitative estimate of drug-likeness (QED) is 0.569. The molecular weight excluding hydrogens is 374 g/mol. The number of benzene rings is 2. The molecule has 6 nitrogen and oxygen atoms in total. The number of methoxy groups -OCH3 is 1. The number of nitrogens with one attached hydrogen (secondary N) is 1. The molecule has 0 atom stereocenters. The lowest BCUT2D eigenvalue weighted by molar-refractivity contribution is -0.113. The third-order valence-electron chi connectivity index (χ3n) is 4.21. The number of thioether (sulfide) groups is 1. The smallest absolute Gasteiger partial charge is 0.234 e. The van der Waals surface area contributed by atoms with Crippen molar-refractivity contribution in [1.82, 2.24) is 9.55 Å². The molecular formula is C21H23N3O3S. The maximum Gasteiger partial charge on any atom is 0.234 e. The van der Waals surface area contributed by atoms with Gasteiger partial charge in [0.2, 0.25) is 5.91 Å². The number of carbonyl (C=O) groups is 1. The molecule has 1 amide bonds. The van der Waals surface area contributed by atoms with Crippen LogP contribution < -0.4 is 10.1 Å². The lowest BCUT2D eigenvalue weighted by Crippen LogP contribution is -2.15. The van der Waals surface area contributed by atoms with Crippen LogP contribution >= 0.6 is 11.8 Å². The summed E-state index contributed by atoms with van der Waals surface area (Å²) in [5, 5.41) is 13.2. The SMILES string of the molecule is COc1cccc(NC(=O)CSc2ncc(CO)n2Cc2ccc(C)cc2)c1. The molecule has 0 aliphatic carbocycles. The minimum Gasteiger partial charge on any atom is -0.497 e. The summed E-state index contributed by atoms with van der Waals surface area (Å²) in [5.41, 5.74) is 3.71. The molecule has 0 unspecified atom stereocenters. The van der Waals surface area contributed by atoms with Crippen molar-refractivity contribution in [3.05, 3.63) is 71.5 Å². The summed E-state index contributed by atoms with van der Waals surface area (Å²) in [4.78, 5) is 16.7. The molecule has 7 heteroatoms. The predicted molar refractivity (Wildman–Crippen MR) is 111 cm³/mol. The van der Waals surface area contributed by atoms with Gasteiger partial charge < -0.3 is 19.7 Å². The summed E-state index contributed by atoms with van der Waals surface area (Å²) in [6.45, 7) is 2.54. The van der Waals surface area contributed by atoms with Crippen molar-refractivity contribution in [3.8, 4) is 5.75 Å². The summed E-state index contributed by atoms with van der Waals surface area (Å²) >= 11 is 1.34. The van der Waals surface area contributed by atoms with E-state index >= 15 is 0 Å². The van der Waals surface area contributed by atoms with Crippen LogP contribution in [0.1, 0.15) is 16.8 Å². The van der Waals surface area contributed by atoms with Crippen LogP contribution in [0.25, 0.3) is 0 Å². The van der Waals surface area contributed by atoms with Crippen LogP contribution in [0.4, 0.5) is 5.69 Å². The fraction of sp³-hybridized carbons (Fsp3) is 0.238. The molecule has 1 heterocycles. The van der Waals surface area contributed by atoms with E-state index in [1.165, 1.54) is 17.3 Å². The van der Waals surface area contributed by atoms with Crippen LogP contribution in [0.3, 0.4) is 0 Å². The Hall–Kier alpha value is -2.77. The van der Waals surface area contributed by atoms with Crippen molar-refractivity contribution >= 4 is 23.4 Å². The summed E-state index contributed by atoms with van der Waals surface area (Å²) in [6.07, 6.45) is 1.65. The molecule has 3 rings (SSSR count). The molecule has 0 aliphatic rings. The number of carbonyl (C=O) groups excluding carboxylic acids is 1. The molecule has 1 aromatic heterocycles. The normalized spacial score (nSPS) is 10.7. The number of nitrogens with zero attached hydrogens (tertiary/aromatic N) is 2. The Morgan fingerprint density at radius 2 is 2.04 bits per heavy atom. The Labute approximate surface area is 168 Å². The van der Waals surface area contributed by atoms with Crippen LogP contribution in [0.2, 0.25) is 0 Å². The molecule has 2 aromatic carbocycles. The van der Waals surface area contributed by atoms with Gasteiger partial charge in [-0.25, -0.2) is 4.98 Å². The van der Waals surface area contributed by atoms with Crippen LogP contribution in [0.15, 0.2) is 59.9 Å². The monoisotopic (exact) mass is 397 g/mol. The second kappa shape index (κ2) is 9.43. The number of aryl methyl sites for hydroxylation is 1. The van der Waals surface area contributed by atoms with Crippen molar-refractivity contribution in [2.24, 2.45) is 0 Å². The Bertz CT molecular complexity index is 938. The molecule has 0 spiro atoms. The van der Waals surface area contributed by atoms with Gasteiger partial charge in [-0.15, -0.1) is 0 Å². The number of ether oxygens (including phenoxy) is 1. The number of aromatic nitrogens is 2. The standard InChI is InChI=1S/C21H23N3O3S/c1-15-6-8-16(9-7-15)12-24-18(13-25)11-22-21(24)28-14-20(26)23-17-4-3-5-19(10-17)27-2/h3-11,25H,12-14H2,1-2H3,(H,23,26). The number of amides is 1. The molecule has 0 fully saturated rings. The largest absolute Gasteiger partial charge is 0.497 e. The van der Waals surface area contributed by atoms with Gasteiger partial charge in [0, 0.05) is 18.3 Å². The summed E-state index contributed by atoms with van der Waals surface area (Å²) in [6, 6.07) is 15.4. The Morgan fingerprint density at radius 3 is 2.75 bits per heavy atom. The molecule has 0 saturated heterocycles. The van der Waals surface area contributed by atoms with Crippen molar-refractivity contribution in [2.75, 3.05) is 18.2 Å². The lowest BCUT2D eigenvalue weighted by Gasteiger charge is -2.11. The van der Waals surface area contributed by atoms with Crippen LogP contribution in [-0.2, 0) is 17.9 Å². The number of anilines is 1. The highest BCUT2D eigenvalue weighted by atomic mass is 32.2. The van der Waals surface area contributed by atoms with Crippen LogP contribution in [0, 0.1) is 6.92 Å². The highest BCUT2D eigenvalue weighted by Gasteiger charge is 2.13. The number of rotatable bonds is 8. The van der Waals surface area contributed by atoms with E-state index in [1.54, 1.807) is 19.4 Å². The lowest BCUT2D eigenvalue weighted by atomic mass is 10.1. The first-order valence-electron chi connectivity index (χ1n) is 8.86. The second-order valence-corrected chi connectivity index (χ2v) is 7.27. The van der Waals surface area contributed by atoms with Crippen LogP contribution in [0.5, 0.6) is 5.75 Å². The number of aliphatic hydroxyl groups is 1. The van der Waals surface area contributed by atoms with Gasteiger partial charge in [0.25, 0.3) is 0 Å². The van der Waals surface area contributed by atoms with Crippen molar-refractivity contribution in [1.29, 1.82) is 0 Å². The van der Waals surface area contributed by atoms with Gasteiger partial charge in [0.1, 0.15) is 5.75 Å². The minimum absolute atomic E-state index is 0.102. The van der Waals surface area contributed by atoms with E-state index in [0.29, 0.717) is 23.1 Å². The first-order chi connectivity index (χ1) is 13.6. The zero-order valence-corrected chi connectivity index (χ0v) is 16.7. The van der Waals surface area contributed by atoms with Crippen LogP contribution in [-0.4, -0.2) is 33.4 Å². The molecule has 0 bridgehead atoms. The highest BCUT2D eigenvalue weighted by molar-refractivity contribution is 7.99. The van der Waals surface area contributed by atoms with Gasteiger partial charge in [-0.05, 0) is 24.6 Å². The Kier molecular flexibility index (Phi) is 6.73. The average molecular weight is 398 g/mol. The number of imidazole rings is 1. The number of hydrogen-bond acceptors (Lipinski definition) is 5. The van der Waals surface area contributed by atoms with E-state index in [4.69, 9.17) is 4.74 Å². The zero-order valence-electron chi connectivity index (χ0n) is 15.9. The fourth-order valence-corrected chi connectivity index (χ4v) is 3.50. The van der Waals surface area contributed by atoms with E-state index in [1.807, 2.05) is 29.7 Å². The maximum absolute atomic E-state index is 12.3. The van der Waals surface area contributed by atoms with Gasteiger partial charge in [-0.2, -0.15) is 0 Å². The molecule has 146 valence electrons. The summed E-state index contributed by atoms with van der Waals surface area (Å²) in [7, 11) is 1.59. The molecule has 3 aromatic rings. The van der Waals surface area contributed by atoms with E-state index in [9.17, 15) is 9.90 Å². The summed E-state index contributed by atoms with van der Waals surface area (Å²) < 4.78 is 7.11. The third kappa shape index (κ3) is 5.15. The highest BCUT2D eigenvalue weighted by Crippen LogP contribution is 2.22. The van der Waals surface area contributed by atoms with Gasteiger partial charge in [-0.1, -0.05) is 47.7 Å². The summed E-state index contributed by atoms with van der Waals surface area (Å²) in [5.74, 6) is 0.771. The first-order valence-corrected chi connectivity index (χ1v) is 9.85. The third-order valence-corrected chi connectivity index (χ3v) is 5.20. The molecule has 0 saturated carbocycles. The minimum atomic E-state index is -0.131. The van der Waals surface area contributed by atoms with Crippen molar-refractivity contribution in [3.63, 3.8) is 0 Å². The average Bonchev–Trinajstić information content (AvgIpc) is 3.10. The van der Waals surface area contributed by atoms with E-state index in [2.05, 4.69) is 34.6 Å². The topological polar surface area (TPSA) is 76.4 Å². The van der Waals surface area contributed by atoms with Gasteiger partial charge in [0.15, 0.2) is 5.16 Å². The molecule has 0 radical (unpaired) electrons.